The zero-order chi connectivity index (χ0) is 25.8. The second kappa shape index (κ2) is 10.3. The summed E-state index contributed by atoms with van der Waals surface area (Å²) in [5, 5.41) is 8.83. The first-order valence-corrected chi connectivity index (χ1v) is 10.8. The normalized spacial score (nSPS) is 10.9. The number of ether oxygens (including phenoxy) is 2. The minimum Gasteiger partial charge on any atom is -0.494 e. The average Bonchev–Trinajstić information content (AvgIpc) is 2.87. The van der Waals surface area contributed by atoms with Gasteiger partial charge in [0, 0.05) is 6.42 Å². The van der Waals surface area contributed by atoms with Gasteiger partial charge in [-0.25, -0.2) is 18.6 Å². The lowest BCUT2D eigenvalue weighted by Gasteiger charge is -2.11. The Kier molecular flexibility index (Phi) is 7.05. The Balaban J connectivity index is 1.54. The average molecular weight is 494 g/mol. The maximum absolute atomic E-state index is 14.5. The molecule has 10 heteroatoms. The smallest absolute Gasteiger partial charge is 0.335 e. The zero-order valence-corrected chi connectivity index (χ0v) is 19.0. The fourth-order valence-electron chi connectivity index (χ4n) is 3.59. The van der Waals surface area contributed by atoms with E-state index in [0.717, 1.165) is 6.07 Å². The summed E-state index contributed by atoms with van der Waals surface area (Å²) >= 11 is 0. The number of hydrogen-bond acceptors (Lipinski definition) is 6. The summed E-state index contributed by atoms with van der Waals surface area (Å²) in [5.74, 6) is -3.31. The molecule has 0 saturated carbocycles. The number of Topliss-reactive ketones (excluding diaryl/α,β-unsaturated/α-hetero) is 1. The fraction of sp³-hybridized carbons (Fsp3) is 0.154. The van der Waals surface area contributed by atoms with Crippen molar-refractivity contribution in [2.24, 2.45) is 0 Å². The van der Waals surface area contributed by atoms with Crippen LogP contribution in [-0.2, 0) is 13.0 Å². The molecule has 0 radical (unpaired) electrons. The molecule has 2 N–H and O–H groups in total. The molecular formula is C26H20F2N2O6. The lowest BCUT2D eigenvalue weighted by Crippen LogP contribution is -2.17. The van der Waals surface area contributed by atoms with Crippen LogP contribution in [0.4, 0.5) is 8.78 Å². The van der Waals surface area contributed by atoms with Crippen LogP contribution in [-0.4, -0.2) is 33.9 Å². The van der Waals surface area contributed by atoms with Crippen molar-refractivity contribution in [1.29, 1.82) is 0 Å². The summed E-state index contributed by atoms with van der Waals surface area (Å²) in [7, 11) is 1.34. The lowest BCUT2D eigenvalue weighted by atomic mass is 10.1. The highest BCUT2D eigenvalue weighted by Crippen LogP contribution is 2.26. The minimum absolute atomic E-state index is 0.0138. The van der Waals surface area contributed by atoms with Crippen molar-refractivity contribution in [3.8, 4) is 11.5 Å². The van der Waals surface area contributed by atoms with Crippen LogP contribution in [0, 0.1) is 11.6 Å². The SMILES string of the molecule is COc1cc(CCC(=O)c2nc3ccc(F)c(OCc4ccc(C(=O)O)cc4)c3c(=O)[nH]2)ccc1F. The van der Waals surface area contributed by atoms with Gasteiger partial charge in [0.05, 0.1) is 18.2 Å². The van der Waals surface area contributed by atoms with Crippen LogP contribution in [0.3, 0.4) is 0 Å². The van der Waals surface area contributed by atoms with Crippen molar-refractivity contribution >= 4 is 22.7 Å². The molecule has 0 aliphatic rings. The summed E-state index contributed by atoms with van der Waals surface area (Å²) < 4.78 is 38.6. The van der Waals surface area contributed by atoms with Gasteiger partial charge >= 0.3 is 5.97 Å². The van der Waals surface area contributed by atoms with Gasteiger partial charge in [-0.05, 0) is 53.9 Å². The van der Waals surface area contributed by atoms with Crippen LogP contribution in [0.5, 0.6) is 11.5 Å². The van der Waals surface area contributed by atoms with E-state index in [1.165, 1.54) is 55.6 Å². The van der Waals surface area contributed by atoms with Crippen LogP contribution >= 0.6 is 0 Å². The van der Waals surface area contributed by atoms with E-state index in [4.69, 9.17) is 14.6 Å². The third kappa shape index (κ3) is 5.22. The maximum Gasteiger partial charge on any atom is 0.335 e. The van der Waals surface area contributed by atoms with Gasteiger partial charge in [0.2, 0.25) is 0 Å². The Bertz CT molecular complexity index is 1520. The Morgan fingerprint density at radius 2 is 1.69 bits per heavy atom. The highest BCUT2D eigenvalue weighted by molar-refractivity contribution is 5.95. The van der Waals surface area contributed by atoms with Gasteiger partial charge in [-0.2, -0.15) is 0 Å². The number of carbonyl (C=O) groups is 2. The van der Waals surface area contributed by atoms with Gasteiger partial charge in [-0.15, -0.1) is 0 Å². The van der Waals surface area contributed by atoms with Crippen LogP contribution in [0.15, 0.2) is 59.4 Å². The van der Waals surface area contributed by atoms with Crippen molar-refractivity contribution in [1.82, 2.24) is 9.97 Å². The van der Waals surface area contributed by atoms with Gasteiger partial charge in [-0.3, -0.25) is 9.59 Å². The van der Waals surface area contributed by atoms with Gasteiger partial charge in [0.1, 0.15) is 12.0 Å². The summed E-state index contributed by atoms with van der Waals surface area (Å²) in [6.45, 7) is -0.128. The molecule has 0 amide bonds. The van der Waals surface area contributed by atoms with Crippen molar-refractivity contribution in [3.63, 3.8) is 0 Å². The molecule has 1 heterocycles. The second-order valence-corrected chi connectivity index (χ2v) is 7.87. The molecule has 4 aromatic rings. The number of carboxylic acids is 1. The molecule has 0 atom stereocenters. The topological polar surface area (TPSA) is 119 Å². The Hall–Kier alpha value is -4.60. The number of halogens is 2. The molecule has 1 aromatic heterocycles. The van der Waals surface area contributed by atoms with E-state index >= 15 is 0 Å². The summed E-state index contributed by atoms with van der Waals surface area (Å²) in [5.41, 5.74) is 0.640. The molecule has 0 aliphatic carbocycles. The second-order valence-electron chi connectivity index (χ2n) is 7.87. The van der Waals surface area contributed by atoms with E-state index in [0.29, 0.717) is 11.1 Å². The van der Waals surface area contributed by atoms with Crippen molar-refractivity contribution in [2.75, 3.05) is 7.11 Å². The molecule has 0 aliphatic heterocycles. The molecule has 0 unspecified atom stereocenters. The molecule has 0 bridgehead atoms. The number of aromatic carboxylic acids is 1. The third-order valence-corrected chi connectivity index (χ3v) is 5.48. The first kappa shape index (κ1) is 24.5. The van der Waals surface area contributed by atoms with Crippen molar-refractivity contribution in [2.45, 2.75) is 19.4 Å². The summed E-state index contributed by atoms with van der Waals surface area (Å²) in [6.07, 6.45) is 0.246. The predicted octanol–water partition coefficient (Wildman–Crippen LogP) is 4.30. The molecule has 4 rings (SSSR count). The number of carboxylic acid groups (broad SMARTS) is 1. The standard InChI is InChI=1S/C26H20F2N2O6/c1-35-21-12-14(4-8-17(21)27)5-11-20(31)24-29-19-10-9-18(28)23(22(19)25(32)30-24)36-13-15-2-6-16(7-3-15)26(33)34/h2-4,6-10,12H,5,11,13H2,1H3,(H,33,34)(H,29,30,32). The predicted molar refractivity (Wildman–Crippen MR) is 126 cm³/mol. The van der Waals surface area contributed by atoms with Gasteiger partial charge in [0.15, 0.2) is 34.7 Å². The van der Waals surface area contributed by atoms with E-state index in [2.05, 4.69) is 9.97 Å². The molecule has 0 spiro atoms. The molecule has 8 nitrogen and oxygen atoms in total. The quantitative estimate of drug-likeness (QED) is 0.333. The van der Waals surface area contributed by atoms with E-state index in [1.54, 1.807) is 0 Å². The number of benzene rings is 3. The number of aromatic amines is 1. The highest BCUT2D eigenvalue weighted by Gasteiger charge is 2.18. The molecule has 3 aromatic carbocycles. The summed E-state index contributed by atoms with van der Waals surface area (Å²) in [6, 6.07) is 12.4. The Labute approximate surface area is 203 Å². The van der Waals surface area contributed by atoms with Crippen LogP contribution in [0.25, 0.3) is 10.9 Å². The lowest BCUT2D eigenvalue weighted by molar-refractivity contribution is 0.0696. The molecule has 0 fully saturated rings. The number of nitrogens with one attached hydrogen (secondary N) is 1. The number of aromatic nitrogens is 2. The number of methoxy groups -OCH3 is 1. The molecule has 36 heavy (non-hydrogen) atoms. The molecule has 0 saturated heterocycles. The van der Waals surface area contributed by atoms with Crippen LogP contribution in [0.1, 0.15) is 38.5 Å². The van der Waals surface area contributed by atoms with E-state index in [9.17, 15) is 23.2 Å². The largest absolute Gasteiger partial charge is 0.494 e. The number of ketones is 1. The first-order chi connectivity index (χ1) is 17.3. The number of nitrogens with zero attached hydrogens (tertiary/aromatic N) is 1. The number of fused-ring (bicyclic) bond motifs is 1. The number of aryl methyl sites for hydroxylation is 1. The molecular weight excluding hydrogens is 474 g/mol. The third-order valence-electron chi connectivity index (χ3n) is 5.48. The van der Waals surface area contributed by atoms with Crippen molar-refractivity contribution < 1.29 is 33.0 Å². The number of carbonyl (C=O) groups excluding carboxylic acids is 1. The monoisotopic (exact) mass is 494 g/mol. The number of rotatable bonds is 9. The highest BCUT2D eigenvalue weighted by atomic mass is 19.1. The van der Waals surface area contributed by atoms with Crippen LogP contribution in [0.2, 0.25) is 0 Å². The van der Waals surface area contributed by atoms with Gasteiger partial charge in [0.25, 0.3) is 5.56 Å². The Morgan fingerprint density at radius 3 is 2.39 bits per heavy atom. The maximum atomic E-state index is 14.5. The van der Waals surface area contributed by atoms with Gasteiger partial charge < -0.3 is 19.6 Å². The Morgan fingerprint density at radius 1 is 1.00 bits per heavy atom. The minimum atomic E-state index is -1.08. The van der Waals surface area contributed by atoms with E-state index in [1.807, 2.05) is 0 Å². The van der Waals surface area contributed by atoms with Crippen molar-refractivity contribution in [3.05, 3.63) is 99.1 Å². The van der Waals surface area contributed by atoms with E-state index in [-0.39, 0.29) is 53.2 Å². The first-order valence-electron chi connectivity index (χ1n) is 10.8. The fourth-order valence-corrected chi connectivity index (χ4v) is 3.59. The number of hydrogen-bond donors (Lipinski definition) is 2. The van der Waals surface area contributed by atoms with Gasteiger partial charge in [-0.1, -0.05) is 18.2 Å². The number of H-pyrrole nitrogens is 1. The van der Waals surface area contributed by atoms with Crippen LogP contribution < -0.4 is 15.0 Å². The molecule has 184 valence electrons. The summed E-state index contributed by atoms with van der Waals surface area (Å²) in [4.78, 5) is 43.0. The van der Waals surface area contributed by atoms with E-state index < -0.39 is 28.9 Å². The zero-order valence-electron chi connectivity index (χ0n) is 19.0.